The van der Waals surface area contributed by atoms with E-state index in [1.165, 1.54) is 36.4 Å². The van der Waals surface area contributed by atoms with E-state index in [0.717, 1.165) is 25.7 Å². The maximum Gasteiger partial charge on any atom is 0.343 e. The van der Waals surface area contributed by atoms with Gasteiger partial charge in [0.15, 0.2) is 17.5 Å². The Morgan fingerprint density at radius 3 is 2.09 bits per heavy atom. The molecular weight excluding hydrogens is 463 g/mol. The Morgan fingerprint density at radius 2 is 1.49 bits per heavy atom. The predicted molar refractivity (Wildman–Crippen MR) is 123 cm³/mol. The summed E-state index contributed by atoms with van der Waals surface area (Å²) in [4.78, 5) is 12.2. The molecule has 0 bridgehead atoms. The molecule has 0 fully saturated rings. The van der Waals surface area contributed by atoms with Crippen LogP contribution in [0.3, 0.4) is 0 Å². The third kappa shape index (κ3) is 7.03. The van der Waals surface area contributed by atoms with E-state index in [1.807, 2.05) is 6.08 Å². The third-order valence-corrected chi connectivity index (χ3v) is 4.97. The Morgan fingerprint density at radius 1 is 0.857 bits per heavy atom. The van der Waals surface area contributed by atoms with Crippen LogP contribution in [0.2, 0.25) is 0 Å². The summed E-state index contributed by atoms with van der Waals surface area (Å²) in [5.41, 5.74) is 0.412. The molecule has 0 amide bonds. The number of hydrogen-bond acceptors (Lipinski definition) is 2. The lowest BCUT2D eigenvalue weighted by atomic mass is 10.1. The van der Waals surface area contributed by atoms with Crippen LogP contribution in [-0.4, -0.2) is 5.97 Å². The normalized spacial score (nSPS) is 10.8. The van der Waals surface area contributed by atoms with Gasteiger partial charge in [-0.05, 0) is 54.8 Å². The van der Waals surface area contributed by atoms with Gasteiger partial charge in [0.2, 0.25) is 0 Å². The molecule has 0 aliphatic carbocycles. The first-order valence-corrected chi connectivity index (χ1v) is 10.9. The maximum absolute atomic E-state index is 14.4. The number of esters is 1. The van der Waals surface area contributed by atoms with Gasteiger partial charge in [-0.25, -0.2) is 26.7 Å². The first kappa shape index (κ1) is 25.7. The number of hydrogen-bond donors (Lipinski definition) is 0. The van der Waals surface area contributed by atoms with Crippen LogP contribution in [0.15, 0.2) is 54.6 Å². The summed E-state index contributed by atoms with van der Waals surface area (Å²) in [6.07, 6.45) is 7.59. The van der Waals surface area contributed by atoms with E-state index in [4.69, 9.17) is 4.74 Å². The highest BCUT2D eigenvalue weighted by atomic mass is 19.2. The van der Waals surface area contributed by atoms with Crippen LogP contribution in [0.1, 0.15) is 59.7 Å². The molecule has 0 spiro atoms. The monoisotopic (exact) mass is 484 g/mol. The van der Waals surface area contributed by atoms with Crippen LogP contribution in [0.4, 0.5) is 22.0 Å². The Bertz CT molecular complexity index is 1260. The first-order valence-electron chi connectivity index (χ1n) is 10.9. The Kier molecular flexibility index (Phi) is 8.80. The van der Waals surface area contributed by atoms with Crippen LogP contribution in [0.25, 0.3) is 6.08 Å². The van der Waals surface area contributed by atoms with Crippen LogP contribution < -0.4 is 4.74 Å². The van der Waals surface area contributed by atoms with Gasteiger partial charge in [0.1, 0.15) is 17.4 Å². The molecule has 0 heterocycles. The van der Waals surface area contributed by atoms with E-state index < -0.39 is 40.8 Å². The standard InChI is InChI=1S/C28H21F5O2/c1-2-3-4-5-6-7-19-14-23(29)22(24(30)15-19)13-10-18-8-11-20(12-9-18)28(34)35-21-16-25(31)27(33)26(32)17-21/h6-9,11-12,14-17H,2-5H2,1H3. The van der Waals surface area contributed by atoms with Crippen molar-refractivity contribution in [2.75, 3.05) is 0 Å². The smallest absolute Gasteiger partial charge is 0.343 e. The van der Waals surface area contributed by atoms with E-state index in [0.29, 0.717) is 23.3 Å². The quantitative estimate of drug-likeness (QED) is 0.0862. The minimum Gasteiger partial charge on any atom is -0.423 e. The van der Waals surface area contributed by atoms with Crippen molar-refractivity contribution in [3.63, 3.8) is 0 Å². The van der Waals surface area contributed by atoms with Gasteiger partial charge in [-0.3, -0.25) is 0 Å². The Hall–Kier alpha value is -3.92. The Labute approximate surface area is 200 Å². The highest BCUT2D eigenvalue weighted by Crippen LogP contribution is 2.21. The average Bonchev–Trinajstić information content (AvgIpc) is 2.82. The maximum atomic E-state index is 14.4. The summed E-state index contributed by atoms with van der Waals surface area (Å²) >= 11 is 0. The van der Waals surface area contributed by atoms with Gasteiger partial charge in [-0.15, -0.1) is 0 Å². The van der Waals surface area contributed by atoms with E-state index in [2.05, 4.69) is 18.8 Å². The average molecular weight is 484 g/mol. The number of halogens is 5. The van der Waals surface area contributed by atoms with Crippen molar-refractivity contribution in [2.24, 2.45) is 0 Å². The molecular formula is C28H21F5O2. The lowest BCUT2D eigenvalue weighted by molar-refractivity contribution is 0.0733. The fraction of sp³-hybridized carbons (Fsp3) is 0.179. The molecule has 0 aliphatic heterocycles. The summed E-state index contributed by atoms with van der Waals surface area (Å²) in [7, 11) is 0. The topological polar surface area (TPSA) is 26.3 Å². The second kappa shape index (κ2) is 12.0. The molecule has 0 atom stereocenters. The minimum atomic E-state index is -1.67. The number of carbonyl (C=O) groups excluding carboxylic acids is 1. The molecule has 3 aromatic carbocycles. The van der Waals surface area contributed by atoms with Gasteiger partial charge in [0.25, 0.3) is 0 Å². The molecule has 0 saturated carbocycles. The number of benzene rings is 3. The van der Waals surface area contributed by atoms with E-state index in [-0.39, 0.29) is 11.1 Å². The van der Waals surface area contributed by atoms with Crippen molar-refractivity contribution < 1.29 is 31.5 Å². The summed E-state index contributed by atoms with van der Waals surface area (Å²) in [5, 5.41) is 0. The second-order valence-corrected chi connectivity index (χ2v) is 7.68. The van der Waals surface area contributed by atoms with Crippen molar-refractivity contribution in [1.29, 1.82) is 0 Å². The zero-order chi connectivity index (χ0) is 25.4. The van der Waals surface area contributed by atoms with Crippen LogP contribution in [-0.2, 0) is 0 Å². The van der Waals surface area contributed by atoms with Gasteiger partial charge in [0, 0.05) is 17.7 Å². The number of allylic oxidation sites excluding steroid dienone is 1. The highest BCUT2D eigenvalue weighted by Gasteiger charge is 2.15. The lowest BCUT2D eigenvalue weighted by Crippen LogP contribution is -2.09. The van der Waals surface area contributed by atoms with E-state index in [9.17, 15) is 26.7 Å². The molecule has 7 heteroatoms. The van der Waals surface area contributed by atoms with Crippen LogP contribution in [0.5, 0.6) is 5.75 Å². The van der Waals surface area contributed by atoms with E-state index >= 15 is 0 Å². The summed E-state index contributed by atoms with van der Waals surface area (Å²) in [6, 6.07) is 8.99. The molecule has 0 radical (unpaired) electrons. The van der Waals surface area contributed by atoms with Gasteiger partial charge >= 0.3 is 5.97 Å². The van der Waals surface area contributed by atoms with Crippen molar-refractivity contribution in [1.82, 2.24) is 0 Å². The largest absolute Gasteiger partial charge is 0.423 e. The minimum absolute atomic E-state index is 0.0214. The molecule has 35 heavy (non-hydrogen) atoms. The molecule has 180 valence electrons. The lowest BCUT2D eigenvalue weighted by Gasteiger charge is -2.05. The number of carbonyl (C=O) groups is 1. The van der Waals surface area contributed by atoms with Crippen molar-refractivity contribution in [3.8, 4) is 17.6 Å². The van der Waals surface area contributed by atoms with Crippen LogP contribution >= 0.6 is 0 Å². The van der Waals surface area contributed by atoms with Crippen molar-refractivity contribution >= 4 is 12.0 Å². The van der Waals surface area contributed by atoms with Gasteiger partial charge in [-0.1, -0.05) is 43.8 Å². The van der Waals surface area contributed by atoms with Gasteiger partial charge in [0.05, 0.1) is 11.1 Å². The molecule has 0 aromatic heterocycles. The van der Waals surface area contributed by atoms with Crippen LogP contribution in [0, 0.1) is 40.9 Å². The SMILES string of the molecule is CCCCCC=Cc1cc(F)c(C#Cc2ccc(C(=O)Oc3cc(F)c(F)c(F)c3)cc2)c(F)c1. The first-order chi connectivity index (χ1) is 16.8. The fourth-order valence-electron chi connectivity index (χ4n) is 3.12. The number of unbranched alkanes of at least 4 members (excludes halogenated alkanes) is 3. The summed E-state index contributed by atoms with van der Waals surface area (Å²) in [6.45, 7) is 2.10. The zero-order valence-corrected chi connectivity index (χ0v) is 18.8. The second-order valence-electron chi connectivity index (χ2n) is 7.68. The third-order valence-electron chi connectivity index (χ3n) is 4.97. The molecule has 0 saturated heterocycles. The highest BCUT2D eigenvalue weighted by molar-refractivity contribution is 5.91. The molecule has 0 unspecified atom stereocenters. The molecule has 0 N–H and O–H groups in total. The zero-order valence-electron chi connectivity index (χ0n) is 18.8. The Balaban J connectivity index is 1.69. The number of ether oxygens (including phenoxy) is 1. The van der Waals surface area contributed by atoms with E-state index in [1.54, 1.807) is 6.08 Å². The number of rotatable bonds is 7. The predicted octanol–water partition coefficient (Wildman–Crippen LogP) is 7.59. The molecule has 3 aromatic rings. The summed E-state index contributed by atoms with van der Waals surface area (Å²) in [5.74, 6) is -2.59. The van der Waals surface area contributed by atoms with Crippen molar-refractivity contribution in [2.45, 2.75) is 32.6 Å². The molecule has 0 aliphatic rings. The molecule has 2 nitrogen and oxygen atoms in total. The molecule has 3 rings (SSSR count). The van der Waals surface area contributed by atoms with Crippen molar-refractivity contribution in [3.05, 3.63) is 106 Å². The fourth-order valence-corrected chi connectivity index (χ4v) is 3.12. The summed E-state index contributed by atoms with van der Waals surface area (Å²) < 4.78 is 73.2. The van der Waals surface area contributed by atoms with Gasteiger partial charge in [-0.2, -0.15) is 0 Å². The van der Waals surface area contributed by atoms with Gasteiger partial charge < -0.3 is 4.74 Å².